The molecule has 0 spiro atoms. The van der Waals surface area contributed by atoms with E-state index in [1.54, 1.807) is 7.11 Å². The van der Waals surface area contributed by atoms with Crippen molar-refractivity contribution in [2.75, 3.05) is 13.7 Å². The minimum absolute atomic E-state index is 0.610. The lowest BCUT2D eigenvalue weighted by molar-refractivity contribution is -2.00. The maximum absolute atomic E-state index is 8.49. The van der Waals surface area contributed by atoms with Crippen LogP contribution in [0.5, 0.6) is 11.5 Å². The Balaban J connectivity index is 0.000000431. The smallest absolute Gasteiger partial charge is 0.368 e. The first-order valence-electron chi connectivity index (χ1n) is 7.56. The van der Waals surface area contributed by atoms with E-state index in [-0.39, 0.29) is 0 Å². The summed E-state index contributed by atoms with van der Waals surface area (Å²) in [5.41, 5.74) is 1.77. The van der Waals surface area contributed by atoms with Crippen LogP contribution in [0.4, 0.5) is 0 Å². The summed E-state index contributed by atoms with van der Waals surface area (Å²) in [6.07, 6.45) is 0. The Morgan fingerprint density at radius 2 is 1.62 bits per heavy atom. The van der Waals surface area contributed by atoms with Crippen LogP contribution in [0.15, 0.2) is 59.0 Å². The second-order valence-electron chi connectivity index (χ2n) is 5.01. The fourth-order valence-corrected chi connectivity index (χ4v) is 2.28. The number of hydrogen-bond donors (Lipinski definition) is 0. The highest BCUT2D eigenvalue weighted by Crippen LogP contribution is 2.34. The normalized spacial score (nSPS) is 10.8. The predicted octanol–water partition coefficient (Wildman–Crippen LogP) is 0.0322. The molecule has 0 bridgehead atoms. The minimum atomic E-state index is -4.94. The summed E-state index contributed by atoms with van der Waals surface area (Å²) in [6.45, 7) is 2.58. The van der Waals surface area contributed by atoms with Gasteiger partial charge in [-0.3, -0.25) is 0 Å². The van der Waals surface area contributed by atoms with Crippen molar-refractivity contribution in [1.82, 2.24) is 0 Å². The second kappa shape index (κ2) is 8.79. The summed E-state index contributed by atoms with van der Waals surface area (Å²) in [7, 11) is -3.30. The van der Waals surface area contributed by atoms with E-state index in [9.17, 15) is 0 Å². The molecule has 0 aliphatic rings. The zero-order valence-electron chi connectivity index (χ0n) is 14.1. The van der Waals surface area contributed by atoms with Crippen LogP contribution in [0.25, 0.3) is 22.3 Å². The van der Waals surface area contributed by atoms with Crippen LogP contribution >= 0.6 is 0 Å². The number of methoxy groups -OCH3 is 1. The fraction of sp³-hybridized carbons (Fsp3) is 0.167. The van der Waals surface area contributed by atoms with Crippen LogP contribution in [-0.4, -0.2) is 13.7 Å². The third kappa shape index (κ3) is 5.83. The lowest BCUT2D eigenvalue weighted by Crippen LogP contribution is -2.68. The Morgan fingerprint density at radius 1 is 0.962 bits per heavy atom. The minimum Gasteiger partial charge on any atom is -0.496 e. The average Bonchev–Trinajstić information content (AvgIpc) is 2.60. The Labute approximate surface area is 152 Å². The van der Waals surface area contributed by atoms with Gasteiger partial charge in [-0.2, -0.15) is 0 Å². The van der Waals surface area contributed by atoms with Gasteiger partial charge in [0.1, 0.15) is 16.9 Å². The molecule has 2 aromatic carbocycles. The first-order valence-corrected chi connectivity index (χ1v) is 8.80. The van der Waals surface area contributed by atoms with Gasteiger partial charge in [0.15, 0.2) is 0 Å². The van der Waals surface area contributed by atoms with Gasteiger partial charge in [-0.05, 0) is 31.2 Å². The molecule has 7 nitrogen and oxygen atoms in total. The zero-order valence-corrected chi connectivity index (χ0v) is 14.9. The Bertz CT molecular complexity index is 841. The van der Waals surface area contributed by atoms with E-state index in [4.69, 9.17) is 32.5 Å². The molecule has 3 aromatic rings. The quantitative estimate of drug-likeness (QED) is 0.585. The van der Waals surface area contributed by atoms with Gasteiger partial charge in [0, 0.05) is 0 Å². The molecule has 26 heavy (non-hydrogen) atoms. The van der Waals surface area contributed by atoms with Gasteiger partial charge in [0.25, 0.3) is 0 Å². The van der Waals surface area contributed by atoms with Crippen LogP contribution in [0.2, 0.25) is 0 Å². The molecule has 138 valence electrons. The number of rotatable bonds is 4. The number of benzene rings is 2. The molecular formula is C18H17ClO7. The van der Waals surface area contributed by atoms with E-state index in [1.807, 2.05) is 61.5 Å². The van der Waals surface area contributed by atoms with Crippen molar-refractivity contribution >= 4 is 11.0 Å². The molecule has 0 unspecified atom stereocenters. The van der Waals surface area contributed by atoms with Crippen molar-refractivity contribution in [2.24, 2.45) is 0 Å². The Hall–Kier alpha value is -2.42. The van der Waals surface area contributed by atoms with Crippen LogP contribution in [0.3, 0.4) is 0 Å². The van der Waals surface area contributed by atoms with Crippen LogP contribution in [0.1, 0.15) is 6.92 Å². The Morgan fingerprint density at radius 3 is 2.19 bits per heavy atom. The largest absolute Gasteiger partial charge is 0.496 e. The highest BCUT2D eigenvalue weighted by molar-refractivity contribution is 5.86. The van der Waals surface area contributed by atoms with E-state index in [0.29, 0.717) is 6.61 Å². The zero-order chi connectivity index (χ0) is 19.2. The molecule has 0 amide bonds. The summed E-state index contributed by atoms with van der Waals surface area (Å²) >= 11 is 0. The number of hydrogen-bond acceptors (Lipinski definition) is 6. The number of halogens is 1. The molecule has 0 saturated heterocycles. The van der Waals surface area contributed by atoms with Gasteiger partial charge < -0.3 is 9.47 Å². The van der Waals surface area contributed by atoms with Gasteiger partial charge >= 0.3 is 11.3 Å². The molecular weight excluding hydrogens is 364 g/mol. The third-order valence-electron chi connectivity index (χ3n) is 3.29. The predicted molar refractivity (Wildman–Crippen MR) is 83.8 cm³/mol. The van der Waals surface area contributed by atoms with Gasteiger partial charge in [0.05, 0.1) is 31.4 Å². The Kier molecular flexibility index (Phi) is 6.73. The van der Waals surface area contributed by atoms with Gasteiger partial charge in [-0.1, -0.05) is 18.2 Å². The average molecular weight is 381 g/mol. The lowest BCUT2D eigenvalue weighted by Gasteiger charge is -2.17. The van der Waals surface area contributed by atoms with E-state index in [2.05, 4.69) is 0 Å². The van der Waals surface area contributed by atoms with Gasteiger partial charge in [0.2, 0.25) is 0 Å². The fourth-order valence-electron chi connectivity index (χ4n) is 2.28. The van der Waals surface area contributed by atoms with E-state index in [0.717, 1.165) is 33.8 Å². The molecule has 1 aromatic heterocycles. The SMILES string of the molecule is CCOc1cc(-c2ccccc2)[o+]c2cc(OC)ccc12.[O-][Cl+3]([O-])([O-])[O-]. The molecule has 0 fully saturated rings. The van der Waals surface area contributed by atoms with Crippen molar-refractivity contribution in [3.05, 3.63) is 54.6 Å². The molecule has 0 atom stereocenters. The van der Waals surface area contributed by atoms with Gasteiger partial charge in [-0.15, -0.1) is 10.2 Å². The summed E-state index contributed by atoms with van der Waals surface area (Å²) in [6, 6.07) is 17.7. The standard InChI is InChI=1S/C18H17O3.ClHO4/c1-3-20-17-12-16(13-7-5-4-6-8-13)21-18-11-14(19-2)9-10-15(17)18;2-1(3,4)5/h4-12H,3H2,1-2H3;(H,2,3,4,5)/q+1;/p-1. The maximum Gasteiger partial charge on any atom is 0.368 e. The second-order valence-corrected chi connectivity index (χ2v) is 5.77. The molecule has 0 aliphatic carbocycles. The monoisotopic (exact) mass is 380 g/mol. The van der Waals surface area contributed by atoms with Crippen molar-refractivity contribution in [1.29, 1.82) is 0 Å². The van der Waals surface area contributed by atoms with Crippen molar-refractivity contribution in [3.8, 4) is 22.8 Å². The molecule has 1 heterocycles. The topological polar surface area (TPSA) is 122 Å². The highest BCUT2D eigenvalue weighted by atomic mass is 35.7. The molecule has 0 aliphatic heterocycles. The van der Waals surface area contributed by atoms with Crippen LogP contribution in [0, 0.1) is 10.2 Å². The lowest BCUT2D eigenvalue weighted by atomic mass is 10.1. The maximum atomic E-state index is 8.49. The van der Waals surface area contributed by atoms with Crippen LogP contribution < -0.4 is 28.1 Å². The number of ether oxygens (including phenoxy) is 2. The summed E-state index contributed by atoms with van der Waals surface area (Å²) in [4.78, 5) is 0. The van der Waals surface area contributed by atoms with E-state index in [1.165, 1.54) is 0 Å². The van der Waals surface area contributed by atoms with E-state index >= 15 is 0 Å². The third-order valence-corrected chi connectivity index (χ3v) is 3.29. The first-order chi connectivity index (χ1) is 12.3. The van der Waals surface area contributed by atoms with Crippen molar-refractivity contribution in [2.45, 2.75) is 6.92 Å². The van der Waals surface area contributed by atoms with Crippen molar-refractivity contribution < 1.29 is 42.8 Å². The first kappa shape index (κ1) is 19.9. The summed E-state index contributed by atoms with van der Waals surface area (Å²) < 4.78 is 51.0. The summed E-state index contributed by atoms with van der Waals surface area (Å²) in [5, 5.41) is 0.942. The molecule has 0 radical (unpaired) electrons. The summed E-state index contributed by atoms with van der Waals surface area (Å²) in [5.74, 6) is 2.36. The van der Waals surface area contributed by atoms with Crippen molar-refractivity contribution in [3.63, 3.8) is 0 Å². The van der Waals surface area contributed by atoms with Gasteiger partial charge in [-0.25, -0.2) is 23.1 Å². The molecule has 8 heteroatoms. The number of fused-ring (bicyclic) bond motifs is 1. The highest BCUT2D eigenvalue weighted by Gasteiger charge is 2.20. The molecule has 3 rings (SSSR count). The van der Waals surface area contributed by atoms with E-state index < -0.39 is 10.2 Å². The van der Waals surface area contributed by atoms with Crippen LogP contribution in [-0.2, 0) is 0 Å². The molecule has 0 N–H and O–H groups in total. The molecule has 0 saturated carbocycles.